The highest BCUT2D eigenvalue weighted by molar-refractivity contribution is 6.05. The van der Waals surface area contributed by atoms with Crippen LogP contribution in [0.1, 0.15) is 24.2 Å². The molecule has 0 saturated carbocycles. The summed E-state index contributed by atoms with van der Waals surface area (Å²) in [4.78, 5) is 34.1. The Morgan fingerprint density at radius 2 is 1.64 bits per heavy atom. The van der Waals surface area contributed by atoms with Crippen LogP contribution in [0.25, 0.3) is 0 Å². The molecule has 0 bridgehead atoms. The molecule has 2 N–H and O–H groups in total. The summed E-state index contributed by atoms with van der Waals surface area (Å²) in [7, 11) is 0. The SMILES string of the molecule is CCN(C(=O)c1cnc(Nc2cccc(NC(C)=O)c2)nc1)c1ccccc1. The van der Waals surface area contributed by atoms with Crippen molar-refractivity contribution in [2.75, 3.05) is 22.1 Å². The molecule has 3 aromatic rings. The minimum atomic E-state index is -0.159. The van der Waals surface area contributed by atoms with E-state index in [1.165, 1.54) is 19.3 Å². The van der Waals surface area contributed by atoms with Crippen molar-refractivity contribution in [3.05, 3.63) is 72.6 Å². The number of carbonyl (C=O) groups excluding carboxylic acids is 2. The first-order chi connectivity index (χ1) is 13.6. The Hall–Kier alpha value is -3.74. The lowest BCUT2D eigenvalue weighted by molar-refractivity contribution is -0.114. The number of para-hydroxylation sites is 1. The zero-order chi connectivity index (χ0) is 19.9. The summed E-state index contributed by atoms with van der Waals surface area (Å²) < 4.78 is 0. The average Bonchev–Trinajstić information content (AvgIpc) is 2.70. The Morgan fingerprint density at radius 3 is 2.29 bits per heavy atom. The fourth-order valence-corrected chi connectivity index (χ4v) is 2.72. The molecule has 0 aliphatic heterocycles. The number of nitrogens with zero attached hydrogens (tertiary/aromatic N) is 3. The summed E-state index contributed by atoms with van der Waals surface area (Å²) in [6.45, 7) is 3.91. The van der Waals surface area contributed by atoms with E-state index in [0.29, 0.717) is 23.7 Å². The van der Waals surface area contributed by atoms with Gasteiger partial charge in [0, 0.05) is 42.9 Å². The van der Waals surface area contributed by atoms with Gasteiger partial charge in [0.25, 0.3) is 5.91 Å². The Balaban J connectivity index is 1.73. The van der Waals surface area contributed by atoms with E-state index in [2.05, 4.69) is 20.6 Å². The number of hydrogen-bond donors (Lipinski definition) is 2. The first-order valence-corrected chi connectivity index (χ1v) is 8.90. The Labute approximate surface area is 163 Å². The molecule has 0 unspecified atom stereocenters. The van der Waals surface area contributed by atoms with Gasteiger partial charge in [0.2, 0.25) is 11.9 Å². The molecule has 0 atom stereocenters. The summed E-state index contributed by atoms with van der Waals surface area (Å²) >= 11 is 0. The first-order valence-electron chi connectivity index (χ1n) is 8.90. The molecule has 28 heavy (non-hydrogen) atoms. The second-order valence-corrected chi connectivity index (χ2v) is 6.07. The van der Waals surface area contributed by atoms with Crippen LogP contribution in [0.3, 0.4) is 0 Å². The molecule has 7 heteroatoms. The van der Waals surface area contributed by atoms with Gasteiger partial charge < -0.3 is 15.5 Å². The van der Waals surface area contributed by atoms with Crippen LogP contribution in [0.4, 0.5) is 23.0 Å². The standard InChI is InChI=1S/C21H21N5O2/c1-3-26(19-10-5-4-6-11-19)20(28)16-13-22-21(23-14-16)25-18-9-7-8-17(12-18)24-15(2)27/h4-14H,3H2,1-2H3,(H,24,27)(H,22,23,25). The van der Waals surface area contributed by atoms with Crippen LogP contribution in [-0.4, -0.2) is 28.3 Å². The van der Waals surface area contributed by atoms with Crippen LogP contribution in [0.5, 0.6) is 0 Å². The van der Waals surface area contributed by atoms with Gasteiger partial charge in [0.05, 0.1) is 5.56 Å². The van der Waals surface area contributed by atoms with Gasteiger partial charge in [-0.2, -0.15) is 0 Å². The zero-order valence-corrected chi connectivity index (χ0v) is 15.7. The Kier molecular flexibility index (Phi) is 5.96. The van der Waals surface area contributed by atoms with E-state index in [1.54, 1.807) is 17.0 Å². The maximum Gasteiger partial charge on any atom is 0.261 e. The zero-order valence-electron chi connectivity index (χ0n) is 15.7. The second-order valence-electron chi connectivity index (χ2n) is 6.07. The van der Waals surface area contributed by atoms with E-state index >= 15 is 0 Å². The number of amides is 2. The van der Waals surface area contributed by atoms with Crippen LogP contribution in [0.15, 0.2) is 67.0 Å². The number of anilines is 4. The van der Waals surface area contributed by atoms with Crippen molar-refractivity contribution in [1.82, 2.24) is 9.97 Å². The van der Waals surface area contributed by atoms with Gasteiger partial charge in [-0.25, -0.2) is 9.97 Å². The third kappa shape index (κ3) is 4.70. The summed E-state index contributed by atoms with van der Waals surface area (Å²) in [5.74, 6) is 0.0577. The van der Waals surface area contributed by atoms with Crippen molar-refractivity contribution < 1.29 is 9.59 Å². The van der Waals surface area contributed by atoms with Crippen molar-refractivity contribution in [3.63, 3.8) is 0 Å². The third-order valence-electron chi connectivity index (χ3n) is 3.97. The topological polar surface area (TPSA) is 87.2 Å². The number of carbonyl (C=O) groups is 2. The molecule has 0 radical (unpaired) electrons. The van der Waals surface area contributed by atoms with E-state index < -0.39 is 0 Å². The first kappa shape index (κ1) is 19.0. The largest absolute Gasteiger partial charge is 0.326 e. The van der Waals surface area contributed by atoms with Crippen molar-refractivity contribution in [2.24, 2.45) is 0 Å². The monoisotopic (exact) mass is 375 g/mol. The van der Waals surface area contributed by atoms with Crippen LogP contribution in [0, 0.1) is 0 Å². The Bertz CT molecular complexity index is 958. The van der Waals surface area contributed by atoms with Crippen molar-refractivity contribution in [1.29, 1.82) is 0 Å². The molecule has 1 aromatic heterocycles. The summed E-state index contributed by atoms with van der Waals surface area (Å²) in [6, 6.07) is 16.7. The average molecular weight is 375 g/mol. The third-order valence-corrected chi connectivity index (χ3v) is 3.97. The van der Waals surface area contributed by atoms with Gasteiger partial charge in [0.15, 0.2) is 0 Å². The quantitative estimate of drug-likeness (QED) is 0.683. The van der Waals surface area contributed by atoms with Gasteiger partial charge in [-0.05, 0) is 37.3 Å². The van der Waals surface area contributed by atoms with Crippen LogP contribution >= 0.6 is 0 Å². The molecular weight excluding hydrogens is 354 g/mol. The van der Waals surface area contributed by atoms with Gasteiger partial charge >= 0.3 is 0 Å². The van der Waals surface area contributed by atoms with Crippen molar-refractivity contribution in [2.45, 2.75) is 13.8 Å². The lowest BCUT2D eigenvalue weighted by Crippen LogP contribution is -2.30. The molecule has 0 saturated heterocycles. The van der Waals surface area contributed by atoms with Gasteiger partial charge in [-0.1, -0.05) is 24.3 Å². The van der Waals surface area contributed by atoms with Gasteiger partial charge in [-0.3, -0.25) is 9.59 Å². The molecule has 142 valence electrons. The molecule has 7 nitrogen and oxygen atoms in total. The highest BCUT2D eigenvalue weighted by atomic mass is 16.2. The summed E-state index contributed by atoms with van der Waals surface area (Å²) in [5.41, 5.74) is 2.63. The highest BCUT2D eigenvalue weighted by Gasteiger charge is 2.16. The summed E-state index contributed by atoms with van der Waals surface area (Å²) in [5, 5.41) is 5.78. The van der Waals surface area contributed by atoms with Crippen LogP contribution < -0.4 is 15.5 Å². The molecule has 2 amide bonds. The maximum atomic E-state index is 12.8. The molecular formula is C21H21N5O2. The molecule has 0 aliphatic carbocycles. The minimum Gasteiger partial charge on any atom is -0.326 e. The number of nitrogens with one attached hydrogen (secondary N) is 2. The smallest absolute Gasteiger partial charge is 0.261 e. The van der Waals surface area contributed by atoms with Crippen molar-refractivity contribution in [3.8, 4) is 0 Å². The summed E-state index contributed by atoms with van der Waals surface area (Å²) in [6.07, 6.45) is 3.00. The molecule has 3 rings (SSSR count). The van der Waals surface area contributed by atoms with E-state index in [4.69, 9.17) is 0 Å². The van der Waals surface area contributed by atoms with Gasteiger partial charge in [-0.15, -0.1) is 0 Å². The molecule has 0 aliphatic rings. The normalized spacial score (nSPS) is 10.2. The number of benzene rings is 2. The molecule has 2 aromatic carbocycles. The van der Waals surface area contributed by atoms with Gasteiger partial charge in [0.1, 0.15) is 0 Å². The molecule has 0 spiro atoms. The fraction of sp³-hybridized carbons (Fsp3) is 0.143. The highest BCUT2D eigenvalue weighted by Crippen LogP contribution is 2.19. The minimum absolute atomic E-state index is 0.143. The van der Waals surface area contributed by atoms with Crippen molar-refractivity contribution >= 4 is 34.8 Å². The Morgan fingerprint density at radius 1 is 0.964 bits per heavy atom. The second kappa shape index (κ2) is 8.77. The lowest BCUT2D eigenvalue weighted by atomic mass is 10.2. The number of aromatic nitrogens is 2. The van der Waals surface area contributed by atoms with E-state index in [9.17, 15) is 9.59 Å². The van der Waals surface area contributed by atoms with E-state index in [1.807, 2.05) is 49.4 Å². The van der Waals surface area contributed by atoms with Crippen LogP contribution in [0.2, 0.25) is 0 Å². The maximum absolute atomic E-state index is 12.8. The predicted octanol–water partition coefficient (Wildman–Crippen LogP) is 3.85. The number of rotatable bonds is 6. The van der Waals surface area contributed by atoms with E-state index in [0.717, 1.165) is 11.4 Å². The predicted molar refractivity (Wildman–Crippen MR) is 110 cm³/mol. The number of hydrogen-bond acceptors (Lipinski definition) is 5. The lowest BCUT2D eigenvalue weighted by Gasteiger charge is -2.20. The van der Waals surface area contributed by atoms with Crippen LogP contribution in [-0.2, 0) is 4.79 Å². The fourth-order valence-electron chi connectivity index (χ4n) is 2.72. The van der Waals surface area contributed by atoms with E-state index in [-0.39, 0.29) is 11.8 Å². The molecule has 0 fully saturated rings. The molecule has 1 heterocycles.